The molecule has 0 radical (unpaired) electrons. The second-order valence-corrected chi connectivity index (χ2v) is 4.40. The second kappa shape index (κ2) is 5.43. The standard InChI is InChI=1S/C13H15N5O2/c14-8-1-2-9-10(5-8)17-4-3-11(9)18(6-12(15)19)7-13(16)20/h1-5H,6-7,14H2,(H2,15,19)(H2,16,20). The first-order chi connectivity index (χ1) is 9.47. The molecule has 0 saturated carbocycles. The Hall–Kier alpha value is -2.83. The Morgan fingerprint density at radius 2 is 1.75 bits per heavy atom. The number of hydrogen-bond donors (Lipinski definition) is 3. The molecule has 2 rings (SSSR count). The number of rotatable bonds is 5. The molecule has 0 unspecified atom stereocenters. The van der Waals surface area contributed by atoms with Crippen molar-refractivity contribution in [3.8, 4) is 0 Å². The van der Waals surface area contributed by atoms with Gasteiger partial charge in [-0.1, -0.05) is 0 Å². The second-order valence-electron chi connectivity index (χ2n) is 4.40. The Labute approximate surface area is 115 Å². The summed E-state index contributed by atoms with van der Waals surface area (Å²) in [5.74, 6) is -1.10. The van der Waals surface area contributed by atoms with Gasteiger partial charge in [0.1, 0.15) is 0 Å². The fourth-order valence-corrected chi connectivity index (χ4v) is 2.03. The first-order valence-corrected chi connectivity index (χ1v) is 5.93. The molecule has 1 aromatic carbocycles. The molecule has 0 aliphatic carbocycles. The predicted octanol–water partition coefficient (Wildman–Crippen LogP) is -0.406. The van der Waals surface area contributed by atoms with E-state index in [0.29, 0.717) is 16.9 Å². The third kappa shape index (κ3) is 2.94. The zero-order chi connectivity index (χ0) is 14.7. The molecule has 0 aliphatic rings. The van der Waals surface area contributed by atoms with Crippen molar-refractivity contribution in [1.82, 2.24) is 4.98 Å². The third-order valence-corrected chi connectivity index (χ3v) is 2.78. The first kappa shape index (κ1) is 13.6. The van der Waals surface area contributed by atoms with E-state index in [1.807, 2.05) is 0 Å². The molecule has 0 saturated heterocycles. The van der Waals surface area contributed by atoms with Crippen LogP contribution >= 0.6 is 0 Å². The Kier molecular flexibility index (Phi) is 3.69. The van der Waals surface area contributed by atoms with E-state index >= 15 is 0 Å². The Morgan fingerprint density at radius 3 is 2.35 bits per heavy atom. The summed E-state index contributed by atoms with van der Waals surface area (Å²) in [5, 5.41) is 0.768. The lowest BCUT2D eigenvalue weighted by atomic mass is 10.1. The average molecular weight is 273 g/mol. The van der Waals surface area contributed by atoms with E-state index in [4.69, 9.17) is 17.2 Å². The van der Waals surface area contributed by atoms with E-state index < -0.39 is 11.8 Å². The maximum absolute atomic E-state index is 11.1. The molecule has 0 bridgehead atoms. The molecule has 2 aromatic rings. The molecule has 1 aromatic heterocycles. The number of carbonyl (C=O) groups excluding carboxylic acids is 2. The highest BCUT2D eigenvalue weighted by molar-refractivity contribution is 5.96. The van der Waals surface area contributed by atoms with Gasteiger partial charge in [0, 0.05) is 23.0 Å². The number of nitrogen functional groups attached to an aromatic ring is 1. The molecule has 104 valence electrons. The van der Waals surface area contributed by atoms with Gasteiger partial charge in [0.2, 0.25) is 11.8 Å². The summed E-state index contributed by atoms with van der Waals surface area (Å²) >= 11 is 0. The minimum absolute atomic E-state index is 0.105. The van der Waals surface area contributed by atoms with Gasteiger partial charge in [0.25, 0.3) is 0 Å². The van der Waals surface area contributed by atoms with Crippen LogP contribution in [0.4, 0.5) is 11.4 Å². The van der Waals surface area contributed by atoms with E-state index in [1.54, 1.807) is 30.5 Å². The van der Waals surface area contributed by atoms with Gasteiger partial charge in [-0.15, -0.1) is 0 Å². The number of pyridine rings is 1. The molecule has 7 nitrogen and oxygen atoms in total. The van der Waals surface area contributed by atoms with Gasteiger partial charge in [-0.3, -0.25) is 14.6 Å². The Morgan fingerprint density at radius 1 is 1.10 bits per heavy atom. The van der Waals surface area contributed by atoms with Crippen molar-refractivity contribution in [2.24, 2.45) is 11.5 Å². The number of anilines is 2. The molecule has 0 aliphatic heterocycles. The van der Waals surface area contributed by atoms with Gasteiger partial charge in [-0.2, -0.15) is 0 Å². The molecule has 6 N–H and O–H groups in total. The summed E-state index contributed by atoms with van der Waals surface area (Å²) in [7, 11) is 0. The Balaban J connectivity index is 2.51. The molecule has 2 amide bonds. The van der Waals surface area contributed by atoms with Gasteiger partial charge in [0.05, 0.1) is 18.6 Å². The van der Waals surface area contributed by atoms with Crippen LogP contribution in [0.25, 0.3) is 10.9 Å². The number of nitrogens with zero attached hydrogens (tertiary/aromatic N) is 2. The van der Waals surface area contributed by atoms with Crippen LogP contribution in [0.5, 0.6) is 0 Å². The highest BCUT2D eigenvalue weighted by atomic mass is 16.2. The van der Waals surface area contributed by atoms with Crippen LogP contribution in [0.3, 0.4) is 0 Å². The van der Waals surface area contributed by atoms with E-state index in [2.05, 4.69) is 4.98 Å². The lowest BCUT2D eigenvalue weighted by Gasteiger charge is -2.23. The maximum atomic E-state index is 11.1. The summed E-state index contributed by atoms with van der Waals surface area (Å²) in [6.45, 7) is -0.209. The van der Waals surface area contributed by atoms with Crippen LogP contribution in [-0.2, 0) is 9.59 Å². The van der Waals surface area contributed by atoms with Crippen molar-refractivity contribution in [3.63, 3.8) is 0 Å². The van der Waals surface area contributed by atoms with Crippen LogP contribution in [0.15, 0.2) is 30.5 Å². The topological polar surface area (TPSA) is 128 Å². The predicted molar refractivity (Wildman–Crippen MR) is 76.8 cm³/mol. The zero-order valence-electron chi connectivity index (χ0n) is 10.7. The fraction of sp³-hybridized carbons (Fsp3) is 0.154. The number of aromatic nitrogens is 1. The van der Waals surface area contributed by atoms with Gasteiger partial charge in [0.15, 0.2) is 0 Å². The molecular formula is C13H15N5O2. The van der Waals surface area contributed by atoms with Crippen molar-refractivity contribution in [1.29, 1.82) is 0 Å². The smallest absolute Gasteiger partial charge is 0.236 e. The summed E-state index contributed by atoms with van der Waals surface area (Å²) in [6, 6.07) is 6.91. The fourth-order valence-electron chi connectivity index (χ4n) is 2.03. The minimum Gasteiger partial charge on any atom is -0.399 e. The van der Waals surface area contributed by atoms with Crippen LogP contribution in [-0.4, -0.2) is 29.9 Å². The van der Waals surface area contributed by atoms with E-state index in [-0.39, 0.29) is 13.1 Å². The Bertz CT molecular complexity index is 655. The molecule has 0 spiro atoms. The summed E-state index contributed by atoms with van der Waals surface area (Å²) in [4.78, 5) is 28.0. The van der Waals surface area contributed by atoms with Crippen molar-refractivity contribution >= 4 is 34.1 Å². The molecule has 0 atom stereocenters. The quantitative estimate of drug-likeness (QED) is 0.638. The van der Waals surface area contributed by atoms with Gasteiger partial charge < -0.3 is 22.1 Å². The molecular weight excluding hydrogens is 258 g/mol. The maximum Gasteiger partial charge on any atom is 0.236 e. The summed E-state index contributed by atoms with van der Waals surface area (Å²) < 4.78 is 0. The number of carbonyl (C=O) groups is 2. The van der Waals surface area contributed by atoms with E-state index in [1.165, 1.54) is 4.90 Å². The van der Waals surface area contributed by atoms with Crippen LogP contribution in [0, 0.1) is 0 Å². The number of hydrogen-bond acceptors (Lipinski definition) is 5. The zero-order valence-corrected chi connectivity index (χ0v) is 10.7. The van der Waals surface area contributed by atoms with Crippen LogP contribution < -0.4 is 22.1 Å². The number of nitrogens with two attached hydrogens (primary N) is 3. The van der Waals surface area contributed by atoms with Gasteiger partial charge in [-0.05, 0) is 24.3 Å². The number of fused-ring (bicyclic) bond motifs is 1. The van der Waals surface area contributed by atoms with Crippen molar-refractivity contribution < 1.29 is 9.59 Å². The SMILES string of the molecule is NC(=O)CN(CC(N)=O)c1ccnc2cc(N)ccc12. The molecule has 0 fully saturated rings. The number of benzene rings is 1. The lowest BCUT2D eigenvalue weighted by molar-refractivity contribution is -0.117. The van der Waals surface area contributed by atoms with Crippen molar-refractivity contribution in [2.75, 3.05) is 23.7 Å². The summed E-state index contributed by atoms with van der Waals surface area (Å²) in [5.41, 5.74) is 18.0. The minimum atomic E-state index is -0.549. The summed E-state index contributed by atoms with van der Waals surface area (Å²) in [6.07, 6.45) is 1.58. The normalized spacial score (nSPS) is 10.4. The highest BCUT2D eigenvalue weighted by Gasteiger charge is 2.15. The number of primary amides is 2. The highest BCUT2D eigenvalue weighted by Crippen LogP contribution is 2.26. The van der Waals surface area contributed by atoms with Gasteiger partial charge in [-0.25, -0.2) is 0 Å². The van der Waals surface area contributed by atoms with E-state index in [9.17, 15) is 9.59 Å². The largest absolute Gasteiger partial charge is 0.399 e. The van der Waals surface area contributed by atoms with Crippen molar-refractivity contribution in [3.05, 3.63) is 30.5 Å². The van der Waals surface area contributed by atoms with Crippen molar-refractivity contribution in [2.45, 2.75) is 0 Å². The number of amides is 2. The van der Waals surface area contributed by atoms with Crippen LogP contribution in [0.2, 0.25) is 0 Å². The molecule has 20 heavy (non-hydrogen) atoms. The monoisotopic (exact) mass is 273 g/mol. The van der Waals surface area contributed by atoms with Crippen LogP contribution in [0.1, 0.15) is 0 Å². The van der Waals surface area contributed by atoms with Gasteiger partial charge >= 0.3 is 0 Å². The third-order valence-electron chi connectivity index (χ3n) is 2.78. The molecule has 7 heteroatoms. The van der Waals surface area contributed by atoms with E-state index in [0.717, 1.165) is 5.39 Å². The molecule has 1 heterocycles. The average Bonchev–Trinajstić information content (AvgIpc) is 2.35. The first-order valence-electron chi connectivity index (χ1n) is 5.93. The lowest BCUT2D eigenvalue weighted by Crippen LogP contribution is -2.39.